The third kappa shape index (κ3) is 3.83. The number of rotatable bonds is 5. The van der Waals surface area contributed by atoms with Gasteiger partial charge in [-0.15, -0.1) is 10.2 Å². The highest BCUT2D eigenvalue weighted by molar-refractivity contribution is 6.30. The summed E-state index contributed by atoms with van der Waals surface area (Å²) >= 11 is 6.26. The van der Waals surface area contributed by atoms with Crippen molar-refractivity contribution >= 4 is 23.2 Å². The molecule has 1 aliphatic carbocycles. The lowest BCUT2D eigenvalue weighted by Gasteiger charge is -2.31. The van der Waals surface area contributed by atoms with E-state index in [9.17, 15) is 0 Å². The van der Waals surface area contributed by atoms with E-state index < -0.39 is 0 Å². The van der Waals surface area contributed by atoms with Crippen LogP contribution in [0.3, 0.4) is 0 Å². The average molecular weight is 397 g/mol. The molecule has 0 amide bonds. The highest BCUT2D eigenvalue weighted by Crippen LogP contribution is 2.41. The molecule has 7 heteroatoms. The molecule has 2 N–H and O–H groups in total. The number of hydrogen-bond acceptors (Lipinski definition) is 3. The highest BCUT2D eigenvalue weighted by Gasteiger charge is 2.35. The number of nitrogens with zero attached hydrogens (tertiary/aromatic N) is 4. The fourth-order valence-electron chi connectivity index (χ4n) is 4.09. The molecule has 1 fully saturated rings. The van der Waals surface area contributed by atoms with Crippen molar-refractivity contribution in [2.24, 2.45) is 4.99 Å². The average Bonchev–Trinajstić information content (AvgIpc) is 3.36. The monoisotopic (exact) mass is 396 g/mol. The van der Waals surface area contributed by atoms with E-state index in [1.54, 1.807) is 7.05 Å². The van der Waals surface area contributed by atoms with Crippen LogP contribution >= 0.6 is 11.6 Å². The molecule has 2 heterocycles. The van der Waals surface area contributed by atoms with Crippen molar-refractivity contribution in [1.82, 2.24) is 25.2 Å². The molecule has 1 saturated carbocycles. The molecular formula is C21H25ClN6. The normalized spacial score (nSPS) is 16.4. The van der Waals surface area contributed by atoms with Gasteiger partial charge in [0.2, 0.25) is 0 Å². The van der Waals surface area contributed by atoms with Gasteiger partial charge in [0.05, 0.1) is 6.54 Å². The minimum absolute atomic E-state index is 0.101. The molecule has 1 aromatic carbocycles. The molecule has 0 atom stereocenters. The summed E-state index contributed by atoms with van der Waals surface area (Å²) in [5.41, 5.74) is 2.25. The molecule has 0 aliphatic heterocycles. The van der Waals surface area contributed by atoms with E-state index in [1.165, 1.54) is 18.4 Å². The largest absolute Gasteiger partial charge is 0.356 e. The second kappa shape index (κ2) is 8.19. The molecule has 2 aromatic heterocycles. The van der Waals surface area contributed by atoms with Crippen molar-refractivity contribution in [3.63, 3.8) is 0 Å². The van der Waals surface area contributed by atoms with E-state index in [-0.39, 0.29) is 5.41 Å². The van der Waals surface area contributed by atoms with Gasteiger partial charge in [-0.3, -0.25) is 9.39 Å². The Bertz CT molecular complexity index is 974. The molecule has 3 aromatic rings. The van der Waals surface area contributed by atoms with Crippen LogP contribution in [0, 0.1) is 0 Å². The number of fused-ring (bicyclic) bond motifs is 1. The molecule has 6 nitrogen and oxygen atoms in total. The predicted molar refractivity (Wildman–Crippen MR) is 113 cm³/mol. The number of guanidine groups is 1. The van der Waals surface area contributed by atoms with Gasteiger partial charge in [-0.1, -0.05) is 42.6 Å². The van der Waals surface area contributed by atoms with Gasteiger partial charge in [-0.25, -0.2) is 0 Å². The zero-order valence-corrected chi connectivity index (χ0v) is 16.8. The zero-order chi connectivity index (χ0) is 19.4. The van der Waals surface area contributed by atoms with E-state index in [4.69, 9.17) is 11.6 Å². The smallest absolute Gasteiger partial charge is 0.191 e. The first-order chi connectivity index (χ1) is 13.7. The lowest BCUT2D eigenvalue weighted by atomic mass is 9.79. The predicted octanol–water partition coefficient (Wildman–Crippen LogP) is 3.56. The summed E-state index contributed by atoms with van der Waals surface area (Å²) in [6.07, 6.45) is 6.77. The summed E-state index contributed by atoms with van der Waals surface area (Å²) in [7, 11) is 1.79. The summed E-state index contributed by atoms with van der Waals surface area (Å²) in [5.74, 6) is 1.62. The third-order valence-electron chi connectivity index (χ3n) is 5.61. The SMILES string of the molecule is CN=C(NCc1nnc2ccccn12)NCC1(c2cccc(Cl)c2)CCCC1. The molecule has 0 unspecified atom stereocenters. The summed E-state index contributed by atoms with van der Waals surface area (Å²) in [4.78, 5) is 4.38. The van der Waals surface area contributed by atoms with Gasteiger partial charge in [0.25, 0.3) is 0 Å². The Labute approximate surface area is 170 Å². The Morgan fingerprint density at radius 2 is 2.00 bits per heavy atom. The molecule has 28 heavy (non-hydrogen) atoms. The van der Waals surface area contributed by atoms with Crippen molar-refractivity contribution in [1.29, 1.82) is 0 Å². The first kappa shape index (κ1) is 18.7. The Kier molecular flexibility index (Phi) is 5.48. The van der Waals surface area contributed by atoms with Crippen molar-refractivity contribution in [3.05, 3.63) is 65.1 Å². The molecule has 0 bridgehead atoms. The zero-order valence-electron chi connectivity index (χ0n) is 16.0. The molecule has 0 saturated heterocycles. The van der Waals surface area contributed by atoms with Crippen LogP contribution in [0.2, 0.25) is 5.02 Å². The lowest BCUT2D eigenvalue weighted by molar-refractivity contribution is 0.431. The van der Waals surface area contributed by atoms with Crippen LogP contribution in [-0.4, -0.2) is 34.2 Å². The first-order valence-corrected chi connectivity index (χ1v) is 10.1. The van der Waals surface area contributed by atoms with Gasteiger partial charge < -0.3 is 10.6 Å². The molecule has 0 spiro atoms. The fraction of sp³-hybridized carbons (Fsp3) is 0.381. The number of halogens is 1. The van der Waals surface area contributed by atoms with Gasteiger partial charge >= 0.3 is 0 Å². The minimum Gasteiger partial charge on any atom is -0.356 e. The van der Waals surface area contributed by atoms with Gasteiger partial charge in [-0.2, -0.15) is 0 Å². The number of aromatic nitrogens is 3. The Balaban J connectivity index is 1.43. The summed E-state index contributed by atoms with van der Waals surface area (Å²) in [5, 5.41) is 16.1. The number of nitrogens with one attached hydrogen (secondary N) is 2. The topological polar surface area (TPSA) is 66.6 Å². The van der Waals surface area contributed by atoms with Crippen molar-refractivity contribution < 1.29 is 0 Å². The van der Waals surface area contributed by atoms with E-state index in [0.29, 0.717) is 6.54 Å². The van der Waals surface area contributed by atoms with Crippen LogP contribution < -0.4 is 10.6 Å². The molecule has 4 rings (SSSR count). The second-order valence-electron chi connectivity index (χ2n) is 7.32. The Hall–Kier alpha value is -2.60. The van der Waals surface area contributed by atoms with Crippen molar-refractivity contribution in [2.45, 2.75) is 37.6 Å². The highest BCUT2D eigenvalue weighted by atomic mass is 35.5. The van der Waals surface area contributed by atoms with Gasteiger partial charge in [-0.05, 0) is 42.7 Å². The number of benzene rings is 1. The van der Waals surface area contributed by atoms with Crippen LogP contribution in [-0.2, 0) is 12.0 Å². The molecule has 1 aliphatic rings. The van der Waals surface area contributed by atoms with Crippen molar-refractivity contribution in [2.75, 3.05) is 13.6 Å². The van der Waals surface area contributed by atoms with Crippen LogP contribution in [0.5, 0.6) is 0 Å². The molecule has 146 valence electrons. The number of pyridine rings is 1. The lowest BCUT2D eigenvalue weighted by Crippen LogP contribution is -2.44. The van der Waals surface area contributed by atoms with Gasteiger partial charge in [0.1, 0.15) is 0 Å². The van der Waals surface area contributed by atoms with Crippen LogP contribution in [0.1, 0.15) is 37.1 Å². The Morgan fingerprint density at radius 1 is 1.14 bits per heavy atom. The maximum atomic E-state index is 6.26. The van der Waals surface area contributed by atoms with E-state index >= 15 is 0 Å². The molecular weight excluding hydrogens is 372 g/mol. The van der Waals surface area contributed by atoms with Crippen molar-refractivity contribution in [3.8, 4) is 0 Å². The van der Waals surface area contributed by atoms with E-state index in [0.717, 1.165) is 41.8 Å². The quantitative estimate of drug-likeness (QED) is 0.511. The second-order valence-corrected chi connectivity index (χ2v) is 7.76. The van der Waals surface area contributed by atoms with Gasteiger partial charge in [0, 0.05) is 30.2 Å². The number of hydrogen-bond donors (Lipinski definition) is 2. The Morgan fingerprint density at radius 3 is 2.79 bits per heavy atom. The van der Waals surface area contributed by atoms with Crippen LogP contribution in [0.15, 0.2) is 53.7 Å². The maximum Gasteiger partial charge on any atom is 0.191 e. The first-order valence-electron chi connectivity index (χ1n) is 9.69. The standard InChI is InChI=1S/C21H25ClN6/c1-23-20(24-14-19-27-26-18-9-2-5-12-28(18)19)25-15-21(10-3-4-11-21)16-7-6-8-17(22)13-16/h2,5-9,12-13H,3-4,10-11,14-15H2,1H3,(H2,23,24,25). The van der Waals surface area contributed by atoms with E-state index in [2.05, 4.69) is 38.0 Å². The van der Waals surface area contributed by atoms with Crippen LogP contribution in [0.4, 0.5) is 0 Å². The van der Waals surface area contributed by atoms with Crippen LogP contribution in [0.25, 0.3) is 5.65 Å². The van der Waals surface area contributed by atoms with Gasteiger partial charge in [0.15, 0.2) is 17.4 Å². The van der Waals surface area contributed by atoms with E-state index in [1.807, 2.05) is 40.9 Å². The fourth-order valence-corrected chi connectivity index (χ4v) is 4.28. The minimum atomic E-state index is 0.101. The summed E-state index contributed by atoms with van der Waals surface area (Å²) < 4.78 is 1.98. The third-order valence-corrected chi connectivity index (χ3v) is 5.85. The number of aliphatic imine (C=N–C) groups is 1. The molecule has 0 radical (unpaired) electrons. The summed E-state index contributed by atoms with van der Waals surface area (Å²) in [6, 6.07) is 14.1. The maximum absolute atomic E-state index is 6.26. The summed E-state index contributed by atoms with van der Waals surface area (Å²) in [6.45, 7) is 1.38.